The maximum Gasteiger partial charge on any atom is 0.251 e. The summed E-state index contributed by atoms with van der Waals surface area (Å²) in [5.41, 5.74) is 7.82. The molecule has 1 fully saturated rings. The van der Waals surface area contributed by atoms with Gasteiger partial charge in [-0.1, -0.05) is 12.1 Å². The molecule has 1 aliphatic heterocycles. The number of hydrogen-bond donors (Lipinski definition) is 5. The van der Waals surface area contributed by atoms with Gasteiger partial charge in [-0.3, -0.25) is 14.4 Å². The van der Waals surface area contributed by atoms with E-state index in [0.29, 0.717) is 29.7 Å². The smallest absolute Gasteiger partial charge is 0.251 e. The van der Waals surface area contributed by atoms with Crippen molar-refractivity contribution in [1.82, 2.24) is 20.9 Å². The molecule has 206 valence electrons. The summed E-state index contributed by atoms with van der Waals surface area (Å²) >= 11 is 0. The van der Waals surface area contributed by atoms with Crippen LogP contribution in [-0.4, -0.2) is 67.0 Å². The number of carbonyl (C=O) groups is 3. The molecule has 2 amide bonds. The van der Waals surface area contributed by atoms with Gasteiger partial charge < -0.3 is 31.7 Å². The van der Waals surface area contributed by atoms with Crippen LogP contribution in [0.2, 0.25) is 0 Å². The average molecular weight is 553 g/mol. The highest BCUT2D eigenvalue weighted by atomic mass is 35.5. The number of ketones is 1. The van der Waals surface area contributed by atoms with Crippen LogP contribution in [0.3, 0.4) is 0 Å². The van der Waals surface area contributed by atoms with Crippen molar-refractivity contribution >= 4 is 41.5 Å². The number of aromatic hydroxyl groups is 1. The average Bonchev–Trinajstić information content (AvgIpc) is 3.13. The number of halogens is 1. The Bertz CT molecular complexity index is 1330. The number of nitrogen functional groups attached to an aromatic ring is 1. The molecule has 4 rings (SSSR count). The normalized spacial score (nSPS) is 16.8. The van der Waals surface area contributed by atoms with Crippen LogP contribution in [0, 0.1) is 0 Å². The van der Waals surface area contributed by atoms with Gasteiger partial charge in [-0.2, -0.15) is 0 Å². The molecular formula is C28H33ClN6O4. The van der Waals surface area contributed by atoms with Gasteiger partial charge in [0.1, 0.15) is 11.6 Å². The van der Waals surface area contributed by atoms with Crippen LogP contribution < -0.4 is 26.6 Å². The molecule has 2 heterocycles. The number of nitrogens with one attached hydrogen (secondary N) is 3. The highest BCUT2D eigenvalue weighted by Crippen LogP contribution is 2.26. The first-order valence-corrected chi connectivity index (χ1v) is 12.4. The summed E-state index contributed by atoms with van der Waals surface area (Å²) in [5, 5.41) is 19.6. The van der Waals surface area contributed by atoms with Crippen molar-refractivity contribution in [3.05, 3.63) is 83.0 Å². The largest absolute Gasteiger partial charge is 0.507 e. The van der Waals surface area contributed by atoms with Gasteiger partial charge in [0.05, 0.1) is 17.6 Å². The Morgan fingerprint density at radius 1 is 0.949 bits per heavy atom. The van der Waals surface area contributed by atoms with Crippen molar-refractivity contribution in [2.45, 2.75) is 24.9 Å². The zero-order chi connectivity index (χ0) is 27.2. The fourth-order valence-corrected chi connectivity index (χ4v) is 4.38. The summed E-state index contributed by atoms with van der Waals surface area (Å²) in [6.45, 7) is 1.28. The molecule has 0 bridgehead atoms. The Labute approximate surface area is 233 Å². The second-order valence-corrected chi connectivity index (χ2v) is 9.48. The fraction of sp³-hybridized carbons (Fsp3) is 0.286. The van der Waals surface area contributed by atoms with Crippen molar-refractivity contribution in [3.63, 3.8) is 0 Å². The number of hydrogen-bond acceptors (Lipinski definition) is 8. The van der Waals surface area contributed by atoms with E-state index in [-0.39, 0.29) is 59.2 Å². The fourth-order valence-electron chi connectivity index (χ4n) is 4.38. The molecule has 39 heavy (non-hydrogen) atoms. The molecule has 10 nitrogen and oxygen atoms in total. The lowest BCUT2D eigenvalue weighted by atomic mass is 9.99. The monoisotopic (exact) mass is 552 g/mol. The maximum atomic E-state index is 13.1. The Balaban J connectivity index is 0.00000420. The molecule has 0 aliphatic carbocycles. The van der Waals surface area contributed by atoms with Gasteiger partial charge in [0.25, 0.3) is 11.8 Å². The molecule has 0 spiro atoms. The van der Waals surface area contributed by atoms with E-state index < -0.39 is 0 Å². The van der Waals surface area contributed by atoms with Gasteiger partial charge in [-0.05, 0) is 61.9 Å². The topological polar surface area (TPSA) is 150 Å². The van der Waals surface area contributed by atoms with E-state index in [9.17, 15) is 19.5 Å². The van der Waals surface area contributed by atoms with Crippen LogP contribution in [0.15, 0.2) is 60.8 Å². The maximum absolute atomic E-state index is 13.1. The number of phenols is 1. The summed E-state index contributed by atoms with van der Waals surface area (Å²) in [5.74, 6) is -0.791. The lowest BCUT2D eigenvalue weighted by Gasteiger charge is -2.27. The number of pyridine rings is 1. The predicted octanol–water partition coefficient (Wildman–Crippen LogP) is 2.37. The summed E-state index contributed by atoms with van der Waals surface area (Å²) in [6, 6.07) is 13.6. The summed E-state index contributed by atoms with van der Waals surface area (Å²) in [4.78, 5) is 44.7. The molecular weight excluding hydrogens is 520 g/mol. The first-order valence-electron chi connectivity index (χ1n) is 12.4. The van der Waals surface area contributed by atoms with Crippen LogP contribution in [0.4, 0.5) is 11.5 Å². The Morgan fingerprint density at radius 2 is 1.62 bits per heavy atom. The third-order valence-corrected chi connectivity index (χ3v) is 6.55. The highest BCUT2D eigenvalue weighted by Gasteiger charge is 2.27. The van der Waals surface area contributed by atoms with Crippen LogP contribution in [0.1, 0.15) is 49.5 Å². The lowest BCUT2D eigenvalue weighted by Crippen LogP contribution is -2.54. The number of amides is 2. The first-order chi connectivity index (χ1) is 18.2. The van der Waals surface area contributed by atoms with Gasteiger partial charge in [0.2, 0.25) is 0 Å². The summed E-state index contributed by atoms with van der Waals surface area (Å²) < 4.78 is 0. The zero-order valence-electron chi connectivity index (χ0n) is 21.8. The van der Waals surface area contributed by atoms with E-state index in [1.54, 1.807) is 42.5 Å². The standard InChI is InChI=1S/C28H32N6O4.ClH/c1-34(2)20-9-10-24(35)21(15-20)26(36)17-5-7-18(8-6-17)27(37)32-22-4-3-12-30-16-23(22)33-28(38)19-11-13-31-25(29)14-19;/h5-11,13-15,22-23,30,35H,3-4,12,16H2,1-2H3,(H2,29,31)(H,32,37)(H,33,38);1H/t22-,23-;/m1./s1. The van der Waals surface area contributed by atoms with E-state index >= 15 is 0 Å². The van der Waals surface area contributed by atoms with Crippen LogP contribution >= 0.6 is 12.4 Å². The van der Waals surface area contributed by atoms with Gasteiger partial charge in [0.15, 0.2) is 5.78 Å². The molecule has 0 saturated carbocycles. The van der Waals surface area contributed by atoms with E-state index in [1.807, 2.05) is 19.0 Å². The van der Waals surface area contributed by atoms with Crippen LogP contribution in [0.5, 0.6) is 5.75 Å². The van der Waals surface area contributed by atoms with Crippen molar-refractivity contribution in [3.8, 4) is 5.75 Å². The molecule has 2 atom stereocenters. The zero-order valence-corrected chi connectivity index (χ0v) is 22.6. The van der Waals surface area contributed by atoms with Gasteiger partial charge in [-0.15, -0.1) is 12.4 Å². The lowest BCUT2D eigenvalue weighted by molar-refractivity contribution is 0.0882. The van der Waals surface area contributed by atoms with Crippen molar-refractivity contribution < 1.29 is 19.5 Å². The van der Waals surface area contributed by atoms with Gasteiger partial charge in [0, 0.05) is 49.2 Å². The minimum absolute atomic E-state index is 0. The van der Waals surface area contributed by atoms with E-state index in [4.69, 9.17) is 5.73 Å². The van der Waals surface area contributed by atoms with E-state index in [2.05, 4.69) is 20.9 Å². The third-order valence-electron chi connectivity index (χ3n) is 6.55. The third kappa shape index (κ3) is 7.24. The second kappa shape index (κ2) is 13.1. The summed E-state index contributed by atoms with van der Waals surface area (Å²) in [7, 11) is 3.70. The number of nitrogens with two attached hydrogens (primary N) is 1. The highest BCUT2D eigenvalue weighted by molar-refractivity contribution is 6.11. The SMILES string of the molecule is CN(C)c1ccc(O)c(C(=O)c2ccc(C(=O)N[C@@H]3CCCNC[C@H]3NC(=O)c3ccnc(N)c3)cc2)c1.Cl. The number of rotatable bonds is 7. The number of carbonyl (C=O) groups excluding carboxylic acids is 3. The van der Waals surface area contributed by atoms with Gasteiger partial charge in [-0.25, -0.2) is 4.98 Å². The first kappa shape index (κ1) is 29.4. The Kier molecular flexibility index (Phi) is 9.86. The minimum Gasteiger partial charge on any atom is -0.507 e. The van der Waals surface area contributed by atoms with Crippen LogP contribution in [-0.2, 0) is 0 Å². The van der Waals surface area contributed by atoms with Gasteiger partial charge >= 0.3 is 0 Å². The number of aromatic nitrogens is 1. The number of anilines is 2. The molecule has 1 saturated heterocycles. The molecule has 2 aromatic carbocycles. The Morgan fingerprint density at radius 3 is 2.31 bits per heavy atom. The van der Waals surface area contributed by atoms with Crippen LogP contribution in [0.25, 0.3) is 0 Å². The molecule has 0 radical (unpaired) electrons. The van der Waals surface area contributed by atoms with Crippen molar-refractivity contribution in [1.29, 1.82) is 0 Å². The number of benzene rings is 2. The molecule has 3 aromatic rings. The number of phenolic OH excluding ortho intramolecular Hbond substituents is 1. The molecule has 6 N–H and O–H groups in total. The predicted molar refractivity (Wildman–Crippen MR) is 153 cm³/mol. The second-order valence-electron chi connectivity index (χ2n) is 9.48. The van der Waals surface area contributed by atoms with Crippen molar-refractivity contribution in [2.75, 3.05) is 37.8 Å². The van der Waals surface area contributed by atoms with E-state index in [0.717, 1.165) is 18.7 Å². The summed E-state index contributed by atoms with van der Waals surface area (Å²) in [6.07, 6.45) is 2.99. The molecule has 1 aliphatic rings. The number of nitrogens with zero attached hydrogens (tertiary/aromatic N) is 2. The quantitative estimate of drug-likeness (QED) is 0.280. The molecule has 0 unspecified atom stereocenters. The van der Waals surface area contributed by atoms with E-state index in [1.165, 1.54) is 18.3 Å². The minimum atomic E-state index is -0.340. The van der Waals surface area contributed by atoms with Crippen molar-refractivity contribution in [2.24, 2.45) is 0 Å². The molecule has 1 aromatic heterocycles. The Hall–Kier alpha value is -4.15. The molecule has 11 heteroatoms.